The van der Waals surface area contributed by atoms with Gasteiger partial charge in [0.2, 0.25) is 5.91 Å². The minimum absolute atomic E-state index is 0. The number of rotatable bonds is 5. The minimum atomic E-state index is -0.297. The Bertz CT molecular complexity index is 282. The van der Waals surface area contributed by atoms with E-state index in [0.29, 0.717) is 12.5 Å². The molecule has 118 valence electrons. The number of ether oxygens (including phenoxy) is 1. The van der Waals surface area contributed by atoms with Crippen molar-refractivity contribution < 1.29 is 9.53 Å². The maximum absolute atomic E-state index is 12.5. The molecule has 0 aromatic carbocycles. The number of methoxy groups -OCH3 is 1. The first-order valence-electron chi connectivity index (χ1n) is 7.75. The highest BCUT2D eigenvalue weighted by molar-refractivity contribution is 5.85. The van der Waals surface area contributed by atoms with Gasteiger partial charge in [0, 0.05) is 13.7 Å². The molecule has 1 aliphatic heterocycles. The second kappa shape index (κ2) is 8.85. The first-order chi connectivity index (χ1) is 9.27. The number of halogens is 1. The van der Waals surface area contributed by atoms with Gasteiger partial charge in [-0.15, -0.1) is 12.4 Å². The van der Waals surface area contributed by atoms with Gasteiger partial charge in [0.05, 0.1) is 12.0 Å². The Labute approximate surface area is 128 Å². The van der Waals surface area contributed by atoms with Gasteiger partial charge in [0.25, 0.3) is 0 Å². The van der Waals surface area contributed by atoms with Crippen LogP contribution in [-0.4, -0.2) is 39.3 Å². The first-order valence-corrected chi connectivity index (χ1v) is 7.75. The number of amides is 1. The molecule has 0 bridgehead atoms. The fourth-order valence-corrected chi connectivity index (χ4v) is 3.43. The van der Waals surface area contributed by atoms with Crippen LogP contribution in [-0.2, 0) is 9.53 Å². The number of hydrogen-bond acceptors (Lipinski definition) is 3. The van der Waals surface area contributed by atoms with E-state index in [9.17, 15) is 4.79 Å². The van der Waals surface area contributed by atoms with Crippen molar-refractivity contribution in [1.29, 1.82) is 0 Å². The topological polar surface area (TPSA) is 50.4 Å². The smallest absolute Gasteiger partial charge is 0.228 e. The second-order valence-electron chi connectivity index (χ2n) is 6.18. The van der Waals surface area contributed by atoms with Crippen molar-refractivity contribution in [3.8, 4) is 0 Å². The summed E-state index contributed by atoms with van der Waals surface area (Å²) in [5, 5.41) is 6.52. The molecule has 2 aliphatic rings. The molecule has 0 aromatic heterocycles. The molecule has 1 aliphatic carbocycles. The molecule has 0 spiro atoms. The highest BCUT2D eigenvalue weighted by Crippen LogP contribution is 2.30. The summed E-state index contributed by atoms with van der Waals surface area (Å²) in [5.74, 6) is 0.903. The van der Waals surface area contributed by atoms with Gasteiger partial charge >= 0.3 is 0 Å². The molecule has 4 nitrogen and oxygen atoms in total. The van der Waals surface area contributed by atoms with Crippen molar-refractivity contribution in [2.75, 3.05) is 33.4 Å². The van der Waals surface area contributed by atoms with Crippen molar-refractivity contribution in [2.24, 2.45) is 11.3 Å². The zero-order valence-corrected chi connectivity index (χ0v) is 13.4. The maximum atomic E-state index is 12.5. The molecule has 1 amide bonds. The molecule has 0 radical (unpaired) electrons. The standard InChI is InChI=1S/C15H28N2O2.ClH/c1-19-12-15(7-9-16-10-8-15)14(18)17-11-13-5-3-2-4-6-13;/h13,16H,2-12H2,1H3,(H,17,18);1H. The summed E-state index contributed by atoms with van der Waals surface area (Å²) in [7, 11) is 1.69. The molecule has 1 heterocycles. The van der Waals surface area contributed by atoms with Crippen LogP contribution in [0.4, 0.5) is 0 Å². The summed E-state index contributed by atoms with van der Waals surface area (Å²) >= 11 is 0. The van der Waals surface area contributed by atoms with E-state index < -0.39 is 0 Å². The van der Waals surface area contributed by atoms with Gasteiger partial charge in [-0.1, -0.05) is 19.3 Å². The first kappa shape index (κ1) is 17.7. The van der Waals surface area contributed by atoms with Crippen molar-refractivity contribution in [2.45, 2.75) is 44.9 Å². The summed E-state index contributed by atoms with van der Waals surface area (Å²) < 4.78 is 5.31. The lowest BCUT2D eigenvalue weighted by Gasteiger charge is -2.36. The van der Waals surface area contributed by atoms with Crippen LogP contribution >= 0.6 is 12.4 Å². The highest BCUT2D eigenvalue weighted by atomic mass is 35.5. The SMILES string of the molecule is COCC1(C(=O)NCC2CCCCC2)CCNCC1.Cl. The molecule has 20 heavy (non-hydrogen) atoms. The second-order valence-corrected chi connectivity index (χ2v) is 6.18. The van der Waals surface area contributed by atoms with E-state index >= 15 is 0 Å². The third kappa shape index (κ3) is 4.61. The molecule has 1 saturated heterocycles. The summed E-state index contributed by atoms with van der Waals surface area (Å²) in [6.07, 6.45) is 8.35. The molecular weight excluding hydrogens is 276 g/mol. The Morgan fingerprint density at radius 1 is 1.25 bits per heavy atom. The van der Waals surface area contributed by atoms with Crippen molar-refractivity contribution >= 4 is 18.3 Å². The van der Waals surface area contributed by atoms with Gasteiger partial charge in [-0.3, -0.25) is 4.79 Å². The zero-order valence-electron chi connectivity index (χ0n) is 12.6. The Morgan fingerprint density at radius 3 is 2.50 bits per heavy atom. The number of carbonyl (C=O) groups is 1. The van der Waals surface area contributed by atoms with Gasteiger partial charge < -0.3 is 15.4 Å². The Morgan fingerprint density at radius 2 is 1.90 bits per heavy atom. The predicted molar refractivity (Wildman–Crippen MR) is 83.2 cm³/mol. The molecule has 2 fully saturated rings. The van der Waals surface area contributed by atoms with E-state index in [0.717, 1.165) is 32.5 Å². The minimum Gasteiger partial charge on any atom is -0.384 e. The molecule has 5 heteroatoms. The highest BCUT2D eigenvalue weighted by Gasteiger charge is 2.39. The van der Waals surface area contributed by atoms with Crippen molar-refractivity contribution in [3.05, 3.63) is 0 Å². The number of piperidine rings is 1. The van der Waals surface area contributed by atoms with Crippen molar-refractivity contribution in [1.82, 2.24) is 10.6 Å². The number of carbonyl (C=O) groups excluding carboxylic acids is 1. The normalized spacial score (nSPS) is 22.9. The third-order valence-electron chi connectivity index (χ3n) is 4.74. The zero-order chi connectivity index (χ0) is 13.6. The van der Waals surface area contributed by atoms with E-state index in [2.05, 4.69) is 10.6 Å². The van der Waals surface area contributed by atoms with Gasteiger partial charge in [-0.25, -0.2) is 0 Å². The average molecular weight is 305 g/mol. The fraction of sp³-hybridized carbons (Fsp3) is 0.933. The Balaban J connectivity index is 0.00000200. The van der Waals surface area contributed by atoms with E-state index in [1.807, 2.05) is 0 Å². The van der Waals surface area contributed by atoms with Crippen LogP contribution in [0.25, 0.3) is 0 Å². The summed E-state index contributed by atoms with van der Waals surface area (Å²) in [4.78, 5) is 12.5. The lowest BCUT2D eigenvalue weighted by Crippen LogP contribution is -2.51. The van der Waals surface area contributed by atoms with Crippen LogP contribution in [0.1, 0.15) is 44.9 Å². The lowest BCUT2D eigenvalue weighted by molar-refractivity contribution is -0.136. The number of nitrogens with one attached hydrogen (secondary N) is 2. The maximum Gasteiger partial charge on any atom is 0.228 e. The van der Waals surface area contributed by atoms with E-state index in [1.165, 1.54) is 32.1 Å². The number of hydrogen-bond donors (Lipinski definition) is 2. The Kier molecular flexibility index (Phi) is 7.85. The van der Waals surface area contributed by atoms with Crippen LogP contribution in [0.3, 0.4) is 0 Å². The van der Waals surface area contributed by atoms with Crippen LogP contribution in [0, 0.1) is 11.3 Å². The molecule has 1 saturated carbocycles. The molecule has 2 rings (SSSR count). The fourth-order valence-electron chi connectivity index (χ4n) is 3.43. The van der Waals surface area contributed by atoms with Crippen LogP contribution in [0.15, 0.2) is 0 Å². The molecule has 0 aromatic rings. The quantitative estimate of drug-likeness (QED) is 0.818. The van der Waals surface area contributed by atoms with E-state index in [-0.39, 0.29) is 23.7 Å². The largest absolute Gasteiger partial charge is 0.384 e. The van der Waals surface area contributed by atoms with Gasteiger partial charge in [0.15, 0.2) is 0 Å². The lowest BCUT2D eigenvalue weighted by atomic mass is 9.78. The third-order valence-corrected chi connectivity index (χ3v) is 4.74. The van der Waals surface area contributed by atoms with Gasteiger partial charge in [-0.05, 0) is 44.7 Å². The Hall–Kier alpha value is -0.320. The van der Waals surface area contributed by atoms with Crippen LogP contribution < -0.4 is 10.6 Å². The molecular formula is C15H29ClN2O2. The molecule has 0 atom stereocenters. The summed E-state index contributed by atoms with van der Waals surface area (Å²) in [5.41, 5.74) is -0.297. The van der Waals surface area contributed by atoms with Gasteiger partial charge in [0.1, 0.15) is 0 Å². The summed E-state index contributed by atoms with van der Waals surface area (Å²) in [6, 6.07) is 0. The average Bonchev–Trinajstić information content (AvgIpc) is 2.47. The van der Waals surface area contributed by atoms with Crippen LogP contribution in [0.5, 0.6) is 0 Å². The molecule has 0 unspecified atom stereocenters. The van der Waals surface area contributed by atoms with E-state index in [4.69, 9.17) is 4.74 Å². The van der Waals surface area contributed by atoms with E-state index in [1.54, 1.807) is 7.11 Å². The summed E-state index contributed by atoms with van der Waals surface area (Å²) in [6.45, 7) is 3.24. The van der Waals surface area contributed by atoms with Crippen LogP contribution in [0.2, 0.25) is 0 Å². The predicted octanol–water partition coefficient (Wildman–Crippen LogP) is 2.12. The van der Waals surface area contributed by atoms with Crippen molar-refractivity contribution in [3.63, 3.8) is 0 Å². The van der Waals surface area contributed by atoms with Gasteiger partial charge in [-0.2, -0.15) is 0 Å². The molecule has 2 N–H and O–H groups in total. The monoisotopic (exact) mass is 304 g/mol.